The minimum atomic E-state index is -0.839. The molecule has 1 aliphatic carbocycles. The average molecular weight is 946 g/mol. The lowest BCUT2D eigenvalue weighted by Crippen LogP contribution is -2.52. The molecule has 0 radical (unpaired) electrons. The van der Waals surface area contributed by atoms with Crippen molar-refractivity contribution in [2.24, 2.45) is 17.3 Å². The summed E-state index contributed by atoms with van der Waals surface area (Å²) in [6.07, 6.45) is 5.37. The van der Waals surface area contributed by atoms with E-state index in [4.69, 9.17) is 27.9 Å². The number of hydrogen-bond donors (Lipinski definition) is 4. The lowest BCUT2D eigenvalue weighted by molar-refractivity contribution is -0.137. The number of anilines is 3. The fourth-order valence-electron chi connectivity index (χ4n) is 11.8. The first-order valence-electron chi connectivity index (χ1n) is 23.4. The van der Waals surface area contributed by atoms with Crippen molar-refractivity contribution >= 4 is 63.9 Å². The number of imide groups is 1. The number of carbonyl (C=O) groups excluding carboxylic acids is 4. The molecule has 0 bridgehead atoms. The summed E-state index contributed by atoms with van der Waals surface area (Å²) < 4.78 is 22.4. The average Bonchev–Trinajstić information content (AvgIpc) is 3.73. The van der Waals surface area contributed by atoms with Crippen LogP contribution in [0.1, 0.15) is 104 Å². The third kappa shape index (κ3) is 8.21. The van der Waals surface area contributed by atoms with E-state index in [9.17, 15) is 19.2 Å². The lowest BCUT2D eigenvalue weighted by Gasteiger charge is -2.39. The quantitative estimate of drug-likeness (QED) is 0.102. The second-order valence-electron chi connectivity index (χ2n) is 20.3. The van der Waals surface area contributed by atoms with Crippen molar-refractivity contribution in [3.05, 3.63) is 116 Å². The Morgan fingerprint density at radius 3 is 2.61 bits per heavy atom. The number of hydrogen-bond acceptors (Lipinski definition) is 8. The highest BCUT2D eigenvalue weighted by molar-refractivity contribution is 6.31. The normalized spacial score (nSPS) is 27.5. The van der Waals surface area contributed by atoms with Gasteiger partial charge in [0.15, 0.2) is 0 Å². The van der Waals surface area contributed by atoms with Crippen LogP contribution >= 0.6 is 23.2 Å². The van der Waals surface area contributed by atoms with E-state index in [-0.39, 0.29) is 59.1 Å². The predicted molar refractivity (Wildman–Crippen MR) is 258 cm³/mol. The van der Waals surface area contributed by atoms with Gasteiger partial charge in [0.05, 0.1) is 23.9 Å². The van der Waals surface area contributed by atoms with Crippen LogP contribution < -0.4 is 30.9 Å². The molecule has 0 aromatic heterocycles. The maximum Gasteiger partial charge on any atom is 0.255 e. The monoisotopic (exact) mass is 944 g/mol. The number of nitrogens with zero attached hydrogens (tertiary/aromatic N) is 2. The number of carbonyl (C=O) groups is 4. The second kappa shape index (κ2) is 17.5. The van der Waals surface area contributed by atoms with E-state index in [0.29, 0.717) is 52.9 Å². The molecule has 8 atom stereocenters. The Morgan fingerprint density at radius 1 is 1.00 bits per heavy atom. The first-order chi connectivity index (χ1) is 32.1. The Hall–Kier alpha value is -5.61. The minimum absolute atomic E-state index is 0.00309. The number of fused-ring (bicyclic) bond motifs is 3. The highest BCUT2D eigenvalue weighted by Gasteiger charge is 2.62. The highest BCUT2D eigenvalue weighted by Crippen LogP contribution is 2.57. The van der Waals surface area contributed by atoms with Crippen molar-refractivity contribution in [3.63, 3.8) is 0 Å². The molecule has 3 saturated heterocycles. The van der Waals surface area contributed by atoms with Gasteiger partial charge in [0.25, 0.3) is 5.91 Å². The molecule has 67 heavy (non-hydrogen) atoms. The number of ether oxygens (including phenoxy) is 1. The summed E-state index contributed by atoms with van der Waals surface area (Å²) in [4.78, 5) is 56.8. The number of amides is 4. The van der Waals surface area contributed by atoms with E-state index in [1.807, 2.05) is 48.5 Å². The van der Waals surface area contributed by atoms with Crippen LogP contribution in [0.25, 0.3) is 0 Å². The van der Waals surface area contributed by atoms with Crippen molar-refractivity contribution < 1.29 is 28.3 Å². The third-order valence-electron chi connectivity index (χ3n) is 15.0. The summed E-state index contributed by atoms with van der Waals surface area (Å²) in [5.74, 6) is 5.59. The van der Waals surface area contributed by atoms with Crippen LogP contribution in [-0.4, -0.2) is 72.9 Å². The molecule has 1 unspecified atom stereocenters. The van der Waals surface area contributed by atoms with Gasteiger partial charge in [-0.3, -0.25) is 24.5 Å². The van der Waals surface area contributed by atoms with Gasteiger partial charge in [-0.25, -0.2) is 4.39 Å². The van der Waals surface area contributed by atoms with E-state index in [1.165, 1.54) is 6.07 Å². The van der Waals surface area contributed by atoms with Gasteiger partial charge in [0.1, 0.15) is 17.6 Å². The van der Waals surface area contributed by atoms with Crippen molar-refractivity contribution in [2.75, 3.05) is 35.7 Å². The minimum Gasteiger partial charge on any atom is -0.494 e. The summed E-state index contributed by atoms with van der Waals surface area (Å²) in [5.41, 5.74) is 5.07. The van der Waals surface area contributed by atoms with E-state index >= 15 is 4.39 Å². The number of benzene rings is 4. The molecule has 11 nitrogen and oxygen atoms in total. The maximum atomic E-state index is 16.4. The van der Waals surface area contributed by atoms with Crippen molar-refractivity contribution in [3.8, 4) is 17.6 Å². The van der Waals surface area contributed by atoms with Crippen LogP contribution in [0.2, 0.25) is 10.0 Å². The van der Waals surface area contributed by atoms with Gasteiger partial charge in [-0.15, -0.1) is 0 Å². The second-order valence-corrected chi connectivity index (χ2v) is 21.1. The summed E-state index contributed by atoms with van der Waals surface area (Å²) >= 11 is 13.0. The summed E-state index contributed by atoms with van der Waals surface area (Å²) in [5, 5.41) is 13.5. The van der Waals surface area contributed by atoms with E-state index in [2.05, 4.69) is 58.8 Å². The molecule has 5 heterocycles. The largest absolute Gasteiger partial charge is 0.494 e. The predicted octanol–water partition coefficient (Wildman–Crippen LogP) is 8.81. The first-order valence-corrected chi connectivity index (χ1v) is 24.2. The van der Waals surface area contributed by atoms with Gasteiger partial charge >= 0.3 is 0 Å². The highest BCUT2D eigenvalue weighted by atomic mass is 35.5. The number of methoxy groups -OCH3 is 1. The van der Waals surface area contributed by atoms with Gasteiger partial charge < -0.3 is 30.5 Å². The zero-order valence-corrected chi connectivity index (χ0v) is 39.6. The van der Waals surface area contributed by atoms with Crippen LogP contribution in [0.5, 0.6) is 5.75 Å². The van der Waals surface area contributed by atoms with Crippen LogP contribution in [0.15, 0.2) is 72.8 Å². The van der Waals surface area contributed by atoms with Crippen LogP contribution in [-0.2, 0) is 26.3 Å². The third-order valence-corrected chi connectivity index (χ3v) is 15.5. The lowest BCUT2D eigenvalue weighted by atomic mass is 9.63. The Labute approximate surface area is 400 Å². The molecule has 348 valence electrons. The van der Waals surface area contributed by atoms with Crippen LogP contribution in [0.3, 0.4) is 0 Å². The Bertz CT molecular complexity index is 2770. The molecular formula is C53H55Cl2FN6O5. The van der Waals surface area contributed by atoms with Gasteiger partial charge in [-0.2, -0.15) is 0 Å². The number of halogens is 3. The zero-order valence-electron chi connectivity index (χ0n) is 38.1. The van der Waals surface area contributed by atoms with E-state index in [1.54, 1.807) is 30.2 Å². The topological polar surface area (TPSA) is 132 Å². The van der Waals surface area contributed by atoms with Gasteiger partial charge in [-0.1, -0.05) is 80.1 Å². The van der Waals surface area contributed by atoms with Gasteiger partial charge in [0.2, 0.25) is 17.7 Å². The number of piperidine rings is 2. The molecule has 6 aliphatic rings. The van der Waals surface area contributed by atoms with Crippen molar-refractivity contribution in [1.82, 2.24) is 15.5 Å². The van der Waals surface area contributed by atoms with Gasteiger partial charge in [-0.05, 0) is 109 Å². The Morgan fingerprint density at radius 2 is 1.82 bits per heavy atom. The molecule has 14 heteroatoms. The molecule has 4 aromatic rings. The van der Waals surface area contributed by atoms with Crippen LogP contribution in [0.4, 0.5) is 21.5 Å². The smallest absolute Gasteiger partial charge is 0.255 e. The maximum absolute atomic E-state index is 16.4. The van der Waals surface area contributed by atoms with E-state index < -0.39 is 35.1 Å². The molecular weight excluding hydrogens is 891 g/mol. The molecule has 4 fully saturated rings. The number of nitrogens with one attached hydrogen (secondary N) is 4. The molecule has 4 N–H and O–H groups in total. The Kier molecular flexibility index (Phi) is 11.8. The molecule has 4 amide bonds. The van der Waals surface area contributed by atoms with Crippen LogP contribution in [0, 0.1) is 34.9 Å². The fourth-order valence-corrected chi connectivity index (χ4v) is 12.2. The SMILES string of the molecule is COc1cc(N2CCCC[C@@H]2[C@H]2C[C@H]2C#Cc2cccc3c2CN(C2CCC(=O)NC2=O)C3=O)ccc1NC(=O)[C@@H]1N[C@@H](CC(C)(C)C)[C@@]2(CNc3cc(Cl)ccc32)[C@H]1c1cccc(Cl)c1F. The van der Waals surface area contributed by atoms with E-state index in [0.717, 1.165) is 60.3 Å². The van der Waals surface area contributed by atoms with Crippen molar-refractivity contribution in [1.29, 1.82) is 0 Å². The molecule has 10 rings (SSSR count). The van der Waals surface area contributed by atoms with Gasteiger partial charge in [0, 0.05) is 89.0 Å². The van der Waals surface area contributed by atoms with Crippen molar-refractivity contribution in [2.45, 2.75) is 108 Å². The molecule has 4 aromatic carbocycles. The summed E-state index contributed by atoms with van der Waals surface area (Å²) in [7, 11) is 1.60. The fraction of sp³-hybridized carbons (Fsp3) is 0.434. The standard InChI is InChI=1S/C53H55Cl2FN6O5/c1-52(2,3)26-44-53(28-57-40-24-31(54)16-18-37(40)53)46(34-11-8-12-38(55)47(34)56)48(59-44)50(65)58-39-19-17-32(25-43(39)67-4)61-22-6-5-13-41(61)35-23-30(35)15-14-29-9-7-10-33-36(29)27-62(51(33)66)42-20-21-45(63)60-49(42)64/h7-12,16-19,24-25,30,35,41-42,44,46,48,57,59H,5-6,13,20-23,26-28H2,1-4H3,(H,58,65)(H,60,63,64)/t30-,35+,41-,42?,44+,46+,48-,53+/m1/s1. The Balaban J connectivity index is 0.888. The first kappa shape index (κ1) is 45.2. The summed E-state index contributed by atoms with van der Waals surface area (Å²) in [6, 6.07) is 20.8. The number of rotatable bonds is 8. The zero-order chi connectivity index (χ0) is 46.9. The molecule has 1 saturated carbocycles. The molecule has 5 aliphatic heterocycles. The summed E-state index contributed by atoms with van der Waals surface area (Å²) in [6.45, 7) is 8.15. The molecule has 1 spiro atoms.